The molecule has 1 saturated heterocycles. The number of methoxy groups -OCH3 is 1. The van der Waals surface area contributed by atoms with Gasteiger partial charge in [0.15, 0.2) is 6.10 Å². The third kappa shape index (κ3) is 3.68. The Labute approximate surface area is 160 Å². The van der Waals surface area contributed by atoms with Crippen LogP contribution in [-0.4, -0.2) is 48.1 Å². The number of amides is 2. The first-order chi connectivity index (χ1) is 13.1. The molecule has 2 saturated carbocycles. The van der Waals surface area contributed by atoms with Crippen LogP contribution in [0.15, 0.2) is 24.3 Å². The molecule has 4 rings (SSSR count). The van der Waals surface area contributed by atoms with Crippen molar-refractivity contribution in [1.29, 1.82) is 0 Å². The Morgan fingerprint density at radius 2 is 2.00 bits per heavy atom. The monoisotopic (exact) mass is 372 g/mol. The highest BCUT2D eigenvalue weighted by Gasteiger charge is 2.50. The van der Waals surface area contributed by atoms with E-state index < -0.39 is 6.10 Å². The van der Waals surface area contributed by atoms with Crippen molar-refractivity contribution in [2.45, 2.75) is 69.2 Å². The topological polar surface area (TPSA) is 67.9 Å². The fraction of sp³-hybridized carbons (Fsp3) is 0.619. The maximum absolute atomic E-state index is 13.1. The van der Waals surface area contributed by atoms with E-state index in [0.29, 0.717) is 0 Å². The Balaban J connectivity index is 1.61. The highest BCUT2D eigenvalue weighted by Crippen LogP contribution is 2.42. The van der Waals surface area contributed by atoms with Crippen molar-refractivity contribution in [2.75, 3.05) is 13.7 Å². The van der Waals surface area contributed by atoms with Crippen molar-refractivity contribution in [3.63, 3.8) is 0 Å². The lowest BCUT2D eigenvalue weighted by Crippen LogP contribution is -2.56. The minimum Gasteiger partial charge on any atom is -0.497 e. The van der Waals surface area contributed by atoms with Crippen molar-refractivity contribution >= 4 is 11.8 Å². The molecule has 1 aromatic carbocycles. The van der Waals surface area contributed by atoms with Gasteiger partial charge in [0.2, 0.25) is 5.91 Å². The Bertz CT molecular complexity index is 709. The van der Waals surface area contributed by atoms with E-state index in [0.717, 1.165) is 49.8 Å². The number of hydrogen-bond donors (Lipinski definition) is 1. The first-order valence-corrected chi connectivity index (χ1v) is 9.95. The van der Waals surface area contributed by atoms with Crippen LogP contribution < -0.4 is 10.1 Å². The summed E-state index contributed by atoms with van der Waals surface area (Å²) in [4.78, 5) is 27.6. The molecule has 0 radical (unpaired) electrons. The molecule has 3 fully saturated rings. The Hall–Kier alpha value is -2.08. The quantitative estimate of drug-likeness (QED) is 0.799. The molecular formula is C21H28N2O4. The normalized spacial score (nSPS) is 26.6. The molecule has 3 aliphatic rings. The lowest BCUT2D eigenvalue weighted by molar-refractivity contribution is -0.165. The number of carbonyl (C=O) groups excluding carboxylic acids is 2. The van der Waals surface area contributed by atoms with Crippen LogP contribution in [0.3, 0.4) is 0 Å². The van der Waals surface area contributed by atoms with E-state index in [-0.39, 0.29) is 36.0 Å². The van der Waals surface area contributed by atoms with Gasteiger partial charge >= 0.3 is 0 Å². The standard InChI is InChI=1S/C21H28N2O4/c1-3-10-21(11-12-21)22-20(25)19-18(14-4-8-16(26-2)9-5-14)23(15-6-7-15)17(24)13-27-19/h4-5,8-9,15,18-19H,3,6-7,10-13H2,1-2H3,(H,22,25)/t18-,19+/m1/s1. The predicted octanol–water partition coefficient (Wildman–Crippen LogP) is 2.58. The molecule has 0 unspecified atom stereocenters. The lowest BCUT2D eigenvalue weighted by atomic mass is 9.96. The van der Waals surface area contributed by atoms with Crippen LogP contribution in [0.5, 0.6) is 5.75 Å². The number of carbonyl (C=O) groups is 2. The van der Waals surface area contributed by atoms with E-state index in [9.17, 15) is 9.59 Å². The van der Waals surface area contributed by atoms with Crippen LogP contribution in [0.4, 0.5) is 0 Å². The van der Waals surface area contributed by atoms with E-state index in [2.05, 4.69) is 12.2 Å². The van der Waals surface area contributed by atoms with Gasteiger partial charge in [-0.1, -0.05) is 25.5 Å². The zero-order valence-corrected chi connectivity index (χ0v) is 16.1. The molecule has 0 bridgehead atoms. The summed E-state index contributed by atoms with van der Waals surface area (Å²) in [7, 11) is 1.62. The van der Waals surface area contributed by atoms with Gasteiger partial charge in [0.1, 0.15) is 12.4 Å². The zero-order valence-electron chi connectivity index (χ0n) is 16.1. The largest absolute Gasteiger partial charge is 0.497 e. The second kappa shape index (κ2) is 7.15. The summed E-state index contributed by atoms with van der Waals surface area (Å²) >= 11 is 0. The van der Waals surface area contributed by atoms with Gasteiger partial charge in [0, 0.05) is 11.6 Å². The molecule has 27 heavy (non-hydrogen) atoms. The molecule has 1 aliphatic heterocycles. The van der Waals surface area contributed by atoms with Crippen molar-refractivity contribution in [2.24, 2.45) is 0 Å². The average Bonchev–Trinajstić information content (AvgIpc) is 3.59. The summed E-state index contributed by atoms with van der Waals surface area (Å²) < 4.78 is 11.0. The number of hydrogen-bond acceptors (Lipinski definition) is 4. The Morgan fingerprint density at radius 3 is 2.56 bits per heavy atom. The van der Waals surface area contributed by atoms with Crippen molar-refractivity contribution < 1.29 is 19.1 Å². The fourth-order valence-corrected chi connectivity index (χ4v) is 4.17. The summed E-state index contributed by atoms with van der Waals surface area (Å²) in [5.41, 5.74) is 0.849. The highest BCUT2D eigenvalue weighted by molar-refractivity contribution is 5.87. The second-order valence-electron chi connectivity index (χ2n) is 8.00. The summed E-state index contributed by atoms with van der Waals surface area (Å²) in [5, 5.41) is 3.23. The molecule has 2 aliphatic carbocycles. The average molecular weight is 372 g/mol. The molecule has 6 heteroatoms. The molecule has 146 valence electrons. The third-order valence-corrected chi connectivity index (χ3v) is 5.89. The summed E-state index contributed by atoms with van der Waals surface area (Å²) in [6.45, 7) is 2.11. The van der Waals surface area contributed by atoms with Crippen molar-refractivity contribution in [3.05, 3.63) is 29.8 Å². The van der Waals surface area contributed by atoms with E-state index in [1.165, 1.54) is 0 Å². The Kier molecular flexibility index (Phi) is 4.84. The van der Waals surface area contributed by atoms with Crippen LogP contribution in [-0.2, 0) is 14.3 Å². The number of benzene rings is 1. The van der Waals surface area contributed by atoms with Gasteiger partial charge in [0.25, 0.3) is 5.91 Å². The number of ether oxygens (including phenoxy) is 2. The minimum absolute atomic E-state index is 0.0258. The van der Waals surface area contributed by atoms with Gasteiger partial charge in [0.05, 0.1) is 13.2 Å². The molecule has 2 amide bonds. The summed E-state index contributed by atoms with van der Waals surface area (Å²) in [6, 6.07) is 7.43. The first kappa shape index (κ1) is 18.3. The van der Waals surface area contributed by atoms with Gasteiger partial charge in [-0.3, -0.25) is 9.59 Å². The second-order valence-corrected chi connectivity index (χ2v) is 8.00. The van der Waals surface area contributed by atoms with Crippen LogP contribution in [0, 0.1) is 0 Å². The van der Waals surface area contributed by atoms with Gasteiger partial charge < -0.3 is 19.7 Å². The lowest BCUT2D eigenvalue weighted by Gasteiger charge is -2.41. The summed E-state index contributed by atoms with van der Waals surface area (Å²) in [5.74, 6) is 0.623. The van der Waals surface area contributed by atoms with Crippen molar-refractivity contribution in [1.82, 2.24) is 10.2 Å². The van der Waals surface area contributed by atoms with E-state index in [1.54, 1.807) is 7.11 Å². The number of morpholine rings is 1. The van der Waals surface area contributed by atoms with Gasteiger partial charge in [-0.25, -0.2) is 0 Å². The van der Waals surface area contributed by atoms with E-state index in [4.69, 9.17) is 9.47 Å². The smallest absolute Gasteiger partial charge is 0.252 e. The number of nitrogens with one attached hydrogen (secondary N) is 1. The van der Waals surface area contributed by atoms with Gasteiger partial charge in [-0.05, 0) is 49.8 Å². The highest BCUT2D eigenvalue weighted by atomic mass is 16.5. The molecule has 1 heterocycles. The van der Waals surface area contributed by atoms with Crippen LogP contribution in [0.25, 0.3) is 0 Å². The fourth-order valence-electron chi connectivity index (χ4n) is 4.17. The SMILES string of the molecule is CCCC1(NC(=O)[C@H]2OCC(=O)N(C3CC3)[C@@H]2c2ccc(OC)cc2)CC1. The molecule has 0 aromatic heterocycles. The van der Waals surface area contributed by atoms with Crippen LogP contribution >= 0.6 is 0 Å². The van der Waals surface area contributed by atoms with Crippen LogP contribution in [0.2, 0.25) is 0 Å². The Morgan fingerprint density at radius 1 is 1.30 bits per heavy atom. The van der Waals surface area contributed by atoms with E-state index >= 15 is 0 Å². The van der Waals surface area contributed by atoms with Crippen molar-refractivity contribution in [3.8, 4) is 5.75 Å². The van der Waals surface area contributed by atoms with E-state index in [1.807, 2.05) is 29.2 Å². The molecule has 1 N–H and O–H groups in total. The maximum Gasteiger partial charge on any atom is 0.252 e. The summed E-state index contributed by atoms with van der Waals surface area (Å²) in [6.07, 6.45) is 5.39. The minimum atomic E-state index is -0.675. The van der Waals surface area contributed by atoms with Gasteiger partial charge in [-0.2, -0.15) is 0 Å². The number of nitrogens with zero attached hydrogens (tertiary/aromatic N) is 1. The molecular weight excluding hydrogens is 344 g/mol. The van der Waals surface area contributed by atoms with Gasteiger partial charge in [-0.15, -0.1) is 0 Å². The maximum atomic E-state index is 13.1. The first-order valence-electron chi connectivity index (χ1n) is 9.95. The molecule has 2 atom stereocenters. The molecule has 6 nitrogen and oxygen atoms in total. The zero-order chi connectivity index (χ0) is 19.0. The molecule has 0 spiro atoms. The third-order valence-electron chi connectivity index (χ3n) is 5.89. The molecule has 1 aromatic rings. The predicted molar refractivity (Wildman–Crippen MR) is 100 cm³/mol. The van der Waals surface area contributed by atoms with Crippen LogP contribution in [0.1, 0.15) is 57.1 Å². The number of rotatable bonds is 7.